The van der Waals surface area contributed by atoms with E-state index in [0.29, 0.717) is 12.1 Å². The van der Waals surface area contributed by atoms with Crippen LogP contribution in [0.2, 0.25) is 0 Å². The number of nitrogens with one attached hydrogen (secondary N) is 2. The van der Waals surface area contributed by atoms with Crippen LogP contribution in [0.25, 0.3) is 0 Å². The summed E-state index contributed by atoms with van der Waals surface area (Å²) in [6.45, 7) is 2.54. The third-order valence-electron chi connectivity index (χ3n) is 5.40. The van der Waals surface area contributed by atoms with E-state index in [1.165, 1.54) is 25.7 Å². The van der Waals surface area contributed by atoms with Crippen LogP contribution in [0.1, 0.15) is 54.4 Å². The highest BCUT2D eigenvalue weighted by Gasteiger charge is 2.33. The Morgan fingerprint density at radius 2 is 1.68 bits per heavy atom. The highest BCUT2D eigenvalue weighted by Crippen LogP contribution is 2.30. The van der Waals surface area contributed by atoms with Crippen LogP contribution in [0.3, 0.4) is 0 Å². The highest BCUT2D eigenvalue weighted by atomic mass is 16.2. The molecule has 0 spiro atoms. The topological polar surface area (TPSA) is 61.4 Å². The average molecular weight is 345 g/mol. The third-order valence-corrected chi connectivity index (χ3v) is 5.40. The van der Waals surface area contributed by atoms with Crippen molar-refractivity contribution in [3.8, 4) is 0 Å². The minimum Gasteiger partial charge on any atom is -0.353 e. The first kappa shape index (κ1) is 19.4. The Hall–Kier alpha value is -1.88. The lowest BCUT2D eigenvalue weighted by Gasteiger charge is -2.39. The molecular weight excluding hydrogens is 314 g/mol. The Morgan fingerprint density at radius 3 is 2.28 bits per heavy atom. The van der Waals surface area contributed by atoms with Gasteiger partial charge in [-0.2, -0.15) is 0 Å². The predicted octanol–water partition coefficient (Wildman–Crippen LogP) is 2.50. The quantitative estimate of drug-likeness (QED) is 0.779. The van der Waals surface area contributed by atoms with Gasteiger partial charge in [-0.1, -0.05) is 43.9 Å². The molecule has 1 aromatic rings. The maximum atomic E-state index is 12.2. The monoisotopic (exact) mass is 345 g/mol. The maximum absolute atomic E-state index is 12.2. The van der Waals surface area contributed by atoms with Gasteiger partial charge in [-0.25, -0.2) is 0 Å². The van der Waals surface area contributed by atoms with E-state index in [2.05, 4.69) is 29.6 Å². The second-order valence-electron chi connectivity index (χ2n) is 7.31. The standard InChI is InChI=1S/C20H31N3O2/c1-16-10-6-7-11-17(16)19(25)21-14-18(24)22-15-20(23(2)3)12-8-4-5-9-13-20/h6-7,10-11H,4-5,8-9,12-15H2,1-3H3,(H,21,25)(H,22,24). The van der Waals surface area contributed by atoms with Gasteiger partial charge in [-0.05, 0) is 45.5 Å². The lowest BCUT2D eigenvalue weighted by molar-refractivity contribution is -0.120. The van der Waals surface area contributed by atoms with Gasteiger partial charge in [0.25, 0.3) is 5.91 Å². The molecule has 0 bridgehead atoms. The molecule has 0 atom stereocenters. The normalized spacial score (nSPS) is 17.0. The van der Waals surface area contributed by atoms with E-state index in [4.69, 9.17) is 0 Å². The Labute approximate surface area is 151 Å². The van der Waals surface area contributed by atoms with Crippen molar-refractivity contribution in [2.24, 2.45) is 0 Å². The van der Waals surface area contributed by atoms with Gasteiger partial charge in [0.2, 0.25) is 5.91 Å². The van der Waals surface area contributed by atoms with Gasteiger partial charge in [0, 0.05) is 17.6 Å². The Kier molecular flexibility index (Phi) is 7.00. The van der Waals surface area contributed by atoms with Crippen LogP contribution in [-0.2, 0) is 4.79 Å². The highest BCUT2D eigenvalue weighted by molar-refractivity contribution is 5.97. The fourth-order valence-corrected chi connectivity index (χ4v) is 3.58. The van der Waals surface area contributed by atoms with E-state index in [1.54, 1.807) is 6.07 Å². The number of carbonyl (C=O) groups is 2. The predicted molar refractivity (Wildman–Crippen MR) is 101 cm³/mol. The SMILES string of the molecule is Cc1ccccc1C(=O)NCC(=O)NCC1(N(C)C)CCCCCC1. The molecule has 2 amide bonds. The van der Waals surface area contributed by atoms with Gasteiger partial charge in [-0.15, -0.1) is 0 Å². The summed E-state index contributed by atoms with van der Waals surface area (Å²) in [5.41, 5.74) is 1.56. The molecule has 1 fully saturated rings. The van der Waals surface area contributed by atoms with E-state index < -0.39 is 0 Å². The number of carbonyl (C=O) groups excluding carboxylic acids is 2. The van der Waals surface area contributed by atoms with Crippen molar-refractivity contribution in [2.75, 3.05) is 27.2 Å². The molecule has 0 radical (unpaired) electrons. The van der Waals surface area contributed by atoms with Gasteiger partial charge in [0.1, 0.15) is 0 Å². The van der Waals surface area contributed by atoms with Crippen LogP contribution in [-0.4, -0.2) is 49.4 Å². The van der Waals surface area contributed by atoms with Crippen LogP contribution in [0, 0.1) is 6.92 Å². The van der Waals surface area contributed by atoms with Crippen molar-refractivity contribution in [3.05, 3.63) is 35.4 Å². The van der Waals surface area contributed by atoms with E-state index in [9.17, 15) is 9.59 Å². The van der Waals surface area contributed by atoms with Crippen LogP contribution in [0.4, 0.5) is 0 Å². The van der Waals surface area contributed by atoms with Gasteiger partial charge < -0.3 is 15.5 Å². The summed E-state index contributed by atoms with van der Waals surface area (Å²) in [6.07, 6.45) is 7.17. The molecule has 5 nitrogen and oxygen atoms in total. The smallest absolute Gasteiger partial charge is 0.251 e. The first-order valence-corrected chi connectivity index (χ1v) is 9.22. The van der Waals surface area contributed by atoms with Crippen LogP contribution < -0.4 is 10.6 Å². The maximum Gasteiger partial charge on any atom is 0.251 e. The molecule has 5 heteroatoms. The van der Waals surface area contributed by atoms with E-state index >= 15 is 0 Å². The first-order valence-electron chi connectivity index (χ1n) is 9.22. The van der Waals surface area contributed by atoms with Gasteiger partial charge in [0.05, 0.1) is 6.54 Å². The van der Waals surface area contributed by atoms with Gasteiger partial charge >= 0.3 is 0 Å². The second kappa shape index (κ2) is 8.99. The van der Waals surface area contributed by atoms with Crippen LogP contribution in [0.15, 0.2) is 24.3 Å². The summed E-state index contributed by atoms with van der Waals surface area (Å²) in [4.78, 5) is 26.7. The number of rotatable bonds is 6. The zero-order valence-corrected chi connectivity index (χ0v) is 15.7. The minimum atomic E-state index is -0.204. The van der Waals surface area contributed by atoms with E-state index in [1.807, 2.05) is 25.1 Å². The zero-order valence-electron chi connectivity index (χ0n) is 15.7. The van der Waals surface area contributed by atoms with E-state index in [0.717, 1.165) is 18.4 Å². The summed E-state index contributed by atoms with van der Waals surface area (Å²) in [5, 5.41) is 5.75. The fourth-order valence-electron chi connectivity index (χ4n) is 3.58. The van der Waals surface area contributed by atoms with Crippen molar-refractivity contribution in [2.45, 2.75) is 51.0 Å². The molecule has 25 heavy (non-hydrogen) atoms. The number of nitrogens with zero attached hydrogens (tertiary/aromatic N) is 1. The molecule has 1 saturated carbocycles. The molecule has 138 valence electrons. The van der Waals surface area contributed by atoms with Gasteiger partial charge in [0.15, 0.2) is 0 Å². The molecule has 1 aliphatic carbocycles. The molecule has 0 aliphatic heterocycles. The van der Waals surface area contributed by atoms with Crippen LogP contribution in [0.5, 0.6) is 0 Å². The van der Waals surface area contributed by atoms with Crippen molar-refractivity contribution in [1.29, 1.82) is 0 Å². The van der Waals surface area contributed by atoms with Gasteiger partial charge in [-0.3, -0.25) is 9.59 Å². The van der Waals surface area contributed by atoms with Crippen LogP contribution >= 0.6 is 0 Å². The lowest BCUT2D eigenvalue weighted by Crippen LogP contribution is -2.53. The Bertz CT molecular complexity index is 590. The summed E-state index contributed by atoms with van der Waals surface area (Å²) >= 11 is 0. The summed E-state index contributed by atoms with van der Waals surface area (Å²) in [6, 6.07) is 7.39. The molecule has 0 saturated heterocycles. The molecule has 2 rings (SSSR count). The number of aryl methyl sites for hydroxylation is 1. The summed E-state index contributed by atoms with van der Waals surface area (Å²) < 4.78 is 0. The molecule has 1 aliphatic rings. The third kappa shape index (κ3) is 5.30. The number of hydrogen-bond donors (Lipinski definition) is 2. The Morgan fingerprint density at radius 1 is 1.04 bits per heavy atom. The number of benzene rings is 1. The molecule has 0 aromatic heterocycles. The van der Waals surface area contributed by atoms with Crippen molar-refractivity contribution in [3.63, 3.8) is 0 Å². The molecular formula is C20H31N3O2. The zero-order chi connectivity index (χ0) is 18.3. The van der Waals surface area contributed by atoms with E-state index in [-0.39, 0.29) is 23.9 Å². The van der Waals surface area contributed by atoms with Crippen molar-refractivity contribution < 1.29 is 9.59 Å². The Balaban J connectivity index is 1.85. The average Bonchev–Trinajstić information content (AvgIpc) is 2.85. The summed E-state index contributed by atoms with van der Waals surface area (Å²) in [7, 11) is 4.19. The second-order valence-corrected chi connectivity index (χ2v) is 7.31. The van der Waals surface area contributed by atoms with Crippen molar-refractivity contribution in [1.82, 2.24) is 15.5 Å². The first-order chi connectivity index (χ1) is 11.9. The lowest BCUT2D eigenvalue weighted by atomic mass is 9.88. The molecule has 0 unspecified atom stereocenters. The molecule has 2 N–H and O–H groups in total. The minimum absolute atomic E-state index is 0.0106. The summed E-state index contributed by atoms with van der Waals surface area (Å²) in [5.74, 6) is -0.336. The molecule has 0 heterocycles. The fraction of sp³-hybridized carbons (Fsp3) is 0.600. The number of amides is 2. The molecule has 1 aromatic carbocycles. The number of hydrogen-bond acceptors (Lipinski definition) is 3. The number of likely N-dealkylation sites (N-methyl/N-ethyl adjacent to an activating group) is 1. The van der Waals surface area contributed by atoms with Crippen molar-refractivity contribution >= 4 is 11.8 Å². The largest absolute Gasteiger partial charge is 0.353 e.